The lowest BCUT2D eigenvalue weighted by Crippen LogP contribution is -2.69. The molecule has 0 aromatic carbocycles. The van der Waals surface area contributed by atoms with E-state index in [4.69, 9.17) is 18.6 Å². The molecule has 9 unspecified atom stereocenters. The summed E-state index contributed by atoms with van der Waals surface area (Å²) in [5.41, 5.74) is -1.74. The van der Waals surface area contributed by atoms with E-state index >= 15 is 0 Å². The summed E-state index contributed by atoms with van der Waals surface area (Å²) in [4.78, 5) is 38.7. The fraction of sp³-hybridized carbons (Fsp3) is 0.679. The van der Waals surface area contributed by atoms with Gasteiger partial charge in [-0.1, -0.05) is 27.7 Å². The van der Waals surface area contributed by atoms with Crippen LogP contribution in [0.2, 0.25) is 0 Å². The van der Waals surface area contributed by atoms with Crippen molar-refractivity contribution in [1.82, 2.24) is 0 Å². The molecule has 8 nitrogen and oxygen atoms in total. The molecule has 1 saturated heterocycles. The Balaban J connectivity index is 1.55. The van der Waals surface area contributed by atoms with Crippen LogP contribution in [0.5, 0.6) is 0 Å². The van der Waals surface area contributed by atoms with Crippen molar-refractivity contribution in [3.8, 4) is 0 Å². The number of Topliss-reactive ketones (excluding diaryl/α,β-unsaturated/α-hetero) is 1. The van der Waals surface area contributed by atoms with Crippen LogP contribution in [-0.4, -0.2) is 41.1 Å². The maximum Gasteiger partial charge on any atom is 0.333 e. The number of ether oxygens (including phenoxy) is 3. The van der Waals surface area contributed by atoms with Gasteiger partial charge < -0.3 is 23.7 Å². The Bertz CT molecular complexity index is 1200. The van der Waals surface area contributed by atoms with E-state index in [9.17, 15) is 19.5 Å². The summed E-state index contributed by atoms with van der Waals surface area (Å²) in [5, 5.41) is 12.0. The van der Waals surface area contributed by atoms with Crippen LogP contribution in [0.15, 0.2) is 34.7 Å². The molecule has 194 valence electrons. The van der Waals surface area contributed by atoms with Gasteiger partial charge in [0, 0.05) is 29.2 Å². The van der Waals surface area contributed by atoms with Gasteiger partial charge in [0.25, 0.3) is 5.79 Å². The van der Waals surface area contributed by atoms with Crippen LogP contribution in [0.25, 0.3) is 0 Å². The first kappa shape index (κ1) is 23.9. The van der Waals surface area contributed by atoms with Crippen LogP contribution in [0.3, 0.4) is 0 Å². The zero-order valence-corrected chi connectivity index (χ0v) is 21.6. The Kier molecular flexibility index (Phi) is 4.58. The quantitative estimate of drug-likeness (QED) is 0.485. The molecule has 0 amide bonds. The minimum atomic E-state index is -1.94. The molecule has 5 aliphatic rings. The summed E-state index contributed by atoms with van der Waals surface area (Å²) in [6, 6.07) is 1.61. The van der Waals surface area contributed by atoms with Gasteiger partial charge in [0.05, 0.1) is 23.3 Å². The summed E-state index contributed by atoms with van der Waals surface area (Å²) in [6.45, 7) is 11.5. The molecule has 3 saturated carbocycles. The standard InChI is InChI=1S/C28H34O8/c1-14(29)34-19-11-17-24(2,3)22(31)21-23(35-21)27(17,6)16-7-9-25(4)18(26(16,19)5)12-20(30)36-28(25,32)15-8-10-33-13-15/h8,10,12-13,16-17,19,21,23,32H,7,9,11H2,1-6H3. The zero-order chi connectivity index (χ0) is 26.1. The summed E-state index contributed by atoms with van der Waals surface area (Å²) < 4.78 is 23.0. The average molecular weight is 499 g/mol. The Morgan fingerprint density at radius 3 is 2.50 bits per heavy atom. The lowest BCUT2D eigenvalue weighted by molar-refractivity contribution is -0.283. The lowest BCUT2D eigenvalue weighted by Gasteiger charge is -2.68. The molecule has 2 aliphatic heterocycles. The highest BCUT2D eigenvalue weighted by Crippen LogP contribution is 2.75. The number of esters is 2. The molecule has 8 heteroatoms. The second-order valence-electron chi connectivity index (χ2n) is 12.7. The summed E-state index contributed by atoms with van der Waals surface area (Å²) in [6.07, 6.45) is 4.76. The summed E-state index contributed by atoms with van der Waals surface area (Å²) in [7, 11) is 0. The first-order valence-electron chi connectivity index (χ1n) is 12.8. The third-order valence-electron chi connectivity index (χ3n) is 10.8. The molecule has 6 rings (SSSR count). The van der Waals surface area contributed by atoms with Gasteiger partial charge in [0.15, 0.2) is 5.78 Å². The number of epoxide rings is 1. The van der Waals surface area contributed by atoms with Gasteiger partial charge in [-0.2, -0.15) is 0 Å². The van der Waals surface area contributed by atoms with Gasteiger partial charge in [-0.05, 0) is 49.7 Å². The van der Waals surface area contributed by atoms with Crippen molar-refractivity contribution in [2.75, 3.05) is 0 Å². The Labute approximate surface area is 210 Å². The lowest BCUT2D eigenvalue weighted by atomic mass is 9.36. The number of carbonyl (C=O) groups excluding carboxylic acids is 3. The Hall–Kier alpha value is -2.45. The molecule has 9 atom stereocenters. The maximum atomic E-state index is 13.2. The van der Waals surface area contributed by atoms with E-state index in [2.05, 4.69) is 6.92 Å². The van der Waals surface area contributed by atoms with Gasteiger partial charge >= 0.3 is 11.9 Å². The molecule has 1 aromatic heterocycles. The highest BCUT2D eigenvalue weighted by Gasteiger charge is 2.78. The van der Waals surface area contributed by atoms with E-state index in [1.165, 1.54) is 25.5 Å². The van der Waals surface area contributed by atoms with Gasteiger partial charge in [0.1, 0.15) is 18.5 Å². The van der Waals surface area contributed by atoms with E-state index < -0.39 is 46.2 Å². The molecule has 1 aromatic rings. The number of carbonyl (C=O) groups is 3. The molecule has 3 heterocycles. The van der Waals surface area contributed by atoms with E-state index in [0.717, 1.165) is 0 Å². The van der Waals surface area contributed by atoms with Crippen LogP contribution < -0.4 is 0 Å². The molecule has 0 bridgehead atoms. The van der Waals surface area contributed by atoms with Gasteiger partial charge in [-0.25, -0.2) is 4.79 Å². The van der Waals surface area contributed by atoms with Crippen LogP contribution in [0.1, 0.15) is 66.4 Å². The molecular formula is C28H34O8. The Morgan fingerprint density at radius 1 is 1.14 bits per heavy atom. The fourth-order valence-electron chi connectivity index (χ4n) is 9.03. The second kappa shape index (κ2) is 6.90. The zero-order valence-electron chi connectivity index (χ0n) is 21.6. The average Bonchev–Trinajstić information content (AvgIpc) is 3.40. The van der Waals surface area contributed by atoms with Gasteiger partial charge in [0.2, 0.25) is 0 Å². The molecule has 3 aliphatic carbocycles. The highest BCUT2D eigenvalue weighted by molar-refractivity contribution is 5.93. The van der Waals surface area contributed by atoms with Gasteiger partial charge in [-0.3, -0.25) is 9.59 Å². The van der Waals surface area contributed by atoms with Crippen LogP contribution in [0, 0.1) is 33.5 Å². The molecule has 0 radical (unpaired) electrons. The van der Waals surface area contributed by atoms with Crippen molar-refractivity contribution in [3.05, 3.63) is 35.8 Å². The first-order chi connectivity index (χ1) is 16.7. The van der Waals surface area contributed by atoms with Crippen molar-refractivity contribution in [3.63, 3.8) is 0 Å². The van der Waals surface area contributed by atoms with Gasteiger partial charge in [-0.15, -0.1) is 0 Å². The van der Waals surface area contributed by atoms with Crippen LogP contribution in [-0.2, 0) is 34.4 Å². The van der Waals surface area contributed by atoms with Crippen molar-refractivity contribution < 1.29 is 38.1 Å². The number of ketones is 1. The van der Waals surface area contributed by atoms with Crippen LogP contribution in [0.4, 0.5) is 0 Å². The number of aliphatic hydroxyl groups is 1. The number of fused-ring (bicyclic) bond motifs is 7. The maximum absolute atomic E-state index is 13.2. The predicted octanol–water partition coefficient (Wildman–Crippen LogP) is 3.66. The van der Waals surface area contributed by atoms with Crippen molar-refractivity contribution in [2.45, 2.75) is 84.9 Å². The monoisotopic (exact) mass is 498 g/mol. The third kappa shape index (κ3) is 2.59. The van der Waals surface area contributed by atoms with E-state index in [1.807, 2.05) is 27.7 Å². The normalized spacial score (nSPS) is 48.4. The topological polar surface area (TPSA) is 116 Å². The molecular weight excluding hydrogens is 464 g/mol. The highest BCUT2D eigenvalue weighted by atomic mass is 16.7. The minimum absolute atomic E-state index is 0.0608. The SMILES string of the molecule is CC(=O)OC1CC2C(C)(C)C(=O)C3OC3C2(C)C2CCC3(C)C(=CC(=O)OC3(O)c3ccoc3)C12C. The first-order valence-corrected chi connectivity index (χ1v) is 12.8. The van der Waals surface area contributed by atoms with E-state index in [-0.39, 0.29) is 29.1 Å². The molecule has 36 heavy (non-hydrogen) atoms. The minimum Gasteiger partial charge on any atom is -0.472 e. The van der Waals surface area contributed by atoms with E-state index in [1.54, 1.807) is 6.07 Å². The largest absolute Gasteiger partial charge is 0.472 e. The summed E-state index contributed by atoms with van der Waals surface area (Å²) >= 11 is 0. The molecule has 0 spiro atoms. The van der Waals surface area contributed by atoms with Crippen molar-refractivity contribution in [2.24, 2.45) is 33.5 Å². The van der Waals surface area contributed by atoms with Crippen molar-refractivity contribution >= 4 is 17.7 Å². The van der Waals surface area contributed by atoms with Crippen molar-refractivity contribution in [1.29, 1.82) is 0 Å². The third-order valence-corrected chi connectivity index (χ3v) is 10.8. The number of furan rings is 1. The number of rotatable bonds is 2. The number of cyclic esters (lactones) is 1. The van der Waals surface area contributed by atoms with Crippen LogP contribution >= 0.6 is 0 Å². The number of hydrogen-bond donors (Lipinski definition) is 1. The molecule has 1 N–H and O–H groups in total. The number of hydrogen-bond acceptors (Lipinski definition) is 8. The molecule has 4 fully saturated rings. The second-order valence-corrected chi connectivity index (χ2v) is 12.7. The summed E-state index contributed by atoms with van der Waals surface area (Å²) in [5.74, 6) is -3.03. The van der Waals surface area contributed by atoms with E-state index in [0.29, 0.717) is 30.4 Å². The fourth-order valence-corrected chi connectivity index (χ4v) is 9.03. The smallest absolute Gasteiger partial charge is 0.333 e. The Morgan fingerprint density at radius 2 is 1.86 bits per heavy atom. The predicted molar refractivity (Wildman–Crippen MR) is 125 cm³/mol.